The van der Waals surface area contributed by atoms with E-state index in [1.165, 1.54) is 16.9 Å². The molecule has 4 rings (SSSR count). The van der Waals surface area contributed by atoms with Gasteiger partial charge in [0.05, 0.1) is 10.9 Å². The lowest BCUT2D eigenvalue weighted by Gasteiger charge is -2.14. The Morgan fingerprint density at radius 3 is 2.88 bits per heavy atom. The number of aromatic nitrogens is 2. The van der Waals surface area contributed by atoms with Gasteiger partial charge in [0.2, 0.25) is 5.28 Å². The summed E-state index contributed by atoms with van der Waals surface area (Å²) in [5.41, 5.74) is 3.19. The van der Waals surface area contributed by atoms with Crippen LogP contribution < -0.4 is 5.32 Å². The van der Waals surface area contributed by atoms with E-state index in [2.05, 4.69) is 15.3 Å². The number of rotatable bonds is 3. The lowest BCUT2D eigenvalue weighted by atomic mass is 9.97. The van der Waals surface area contributed by atoms with Crippen molar-refractivity contribution in [3.05, 3.63) is 45.1 Å². The zero-order valence-corrected chi connectivity index (χ0v) is 15.2. The predicted octanol–water partition coefficient (Wildman–Crippen LogP) is 4.97. The van der Waals surface area contributed by atoms with Crippen LogP contribution in [-0.2, 0) is 12.8 Å². The van der Waals surface area contributed by atoms with E-state index in [1.54, 1.807) is 29.5 Å². The second-order valence-electron chi connectivity index (χ2n) is 6.19. The summed E-state index contributed by atoms with van der Waals surface area (Å²) in [6.07, 6.45) is 4.45. The molecule has 7 heteroatoms. The van der Waals surface area contributed by atoms with Crippen LogP contribution in [0.15, 0.2) is 18.2 Å². The van der Waals surface area contributed by atoms with Gasteiger partial charge in [-0.1, -0.05) is 6.07 Å². The molecule has 0 amide bonds. The van der Waals surface area contributed by atoms with E-state index in [1.807, 2.05) is 6.92 Å². The van der Waals surface area contributed by atoms with Crippen molar-refractivity contribution in [2.24, 2.45) is 0 Å². The molecule has 25 heavy (non-hydrogen) atoms. The maximum atomic E-state index is 11.3. The summed E-state index contributed by atoms with van der Waals surface area (Å²) in [5.74, 6) is -0.304. The average Bonchev–Trinajstić information content (AvgIpc) is 2.94. The minimum absolute atomic E-state index is 0.195. The van der Waals surface area contributed by atoms with Crippen molar-refractivity contribution in [1.29, 1.82) is 0 Å². The molecule has 0 saturated heterocycles. The molecule has 128 valence electrons. The van der Waals surface area contributed by atoms with Crippen LogP contribution in [0.2, 0.25) is 5.28 Å². The lowest BCUT2D eigenvalue weighted by Crippen LogP contribution is -2.03. The molecular formula is C18H16ClN3O2S. The van der Waals surface area contributed by atoms with Crippen LogP contribution in [0.4, 0.5) is 11.5 Å². The van der Waals surface area contributed by atoms with Gasteiger partial charge in [-0.15, -0.1) is 11.3 Å². The van der Waals surface area contributed by atoms with Crippen molar-refractivity contribution in [3.8, 4) is 0 Å². The Hall–Kier alpha value is -2.18. The maximum Gasteiger partial charge on any atom is 0.335 e. The Balaban J connectivity index is 1.86. The number of benzene rings is 1. The summed E-state index contributed by atoms with van der Waals surface area (Å²) < 4.78 is 0. The van der Waals surface area contributed by atoms with Gasteiger partial charge in [0, 0.05) is 10.6 Å². The van der Waals surface area contributed by atoms with Gasteiger partial charge >= 0.3 is 5.97 Å². The highest BCUT2D eigenvalue weighted by molar-refractivity contribution is 7.19. The molecule has 1 aliphatic rings. The zero-order valence-electron chi connectivity index (χ0n) is 13.6. The summed E-state index contributed by atoms with van der Waals surface area (Å²) in [6.45, 7) is 1.93. The number of fused-ring (bicyclic) bond motifs is 3. The van der Waals surface area contributed by atoms with Crippen LogP contribution in [-0.4, -0.2) is 21.0 Å². The summed E-state index contributed by atoms with van der Waals surface area (Å²) in [6, 6.07) is 5.01. The van der Waals surface area contributed by atoms with E-state index >= 15 is 0 Å². The Morgan fingerprint density at radius 2 is 2.08 bits per heavy atom. The van der Waals surface area contributed by atoms with Gasteiger partial charge in [-0.3, -0.25) is 0 Å². The molecule has 0 aliphatic heterocycles. The van der Waals surface area contributed by atoms with E-state index in [4.69, 9.17) is 11.6 Å². The number of thiophene rings is 1. The van der Waals surface area contributed by atoms with Crippen LogP contribution in [0, 0.1) is 6.92 Å². The number of carboxylic acid groups (broad SMARTS) is 1. The zero-order chi connectivity index (χ0) is 17.6. The molecule has 0 radical (unpaired) electrons. The number of carbonyl (C=O) groups is 1. The smallest absolute Gasteiger partial charge is 0.335 e. The van der Waals surface area contributed by atoms with Crippen LogP contribution >= 0.6 is 22.9 Å². The largest absolute Gasteiger partial charge is 0.478 e. The second kappa shape index (κ2) is 6.28. The number of anilines is 2. The minimum atomic E-state index is -0.957. The lowest BCUT2D eigenvalue weighted by molar-refractivity contribution is 0.0697. The topological polar surface area (TPSA) is 75.1 Å². The van der Waals surface area contributed by atoms with Gasteiger partial charge in [-0.2, -0.15) is 4.98 Å². The maximum absolute atomic E-state index is 11.3. The molecule has 1 aliphatic carbocycles. The highest BCUT2D eigenvalue weighted by Crippen LogP contribution is 2.40. The summed E-state index contributed by atoms with van der Waals surface area (Å²) in [7, 11) is 0. The highest BCUT2D eigenvalue weighted by atomic mass is 35.5. The molecule has 0 fully saturated rings. The Bertz CT molecular complexity index is 1000. The van der Waals surface area contributed by atoms with Crippen LogP contribution in [0.3, 0.4) is 0 Å². The van der Waals surface area contributed by atoms with E-state index < -0.39 is 5.97 Å². The van der Waals surface area contributed by atoms with E-state index in [-0.39, 0.29) is 10.8 Å². The van der Waals surface area contributed by atoms with Gasteiger partial charge in [0.15, 0.2) is 0 Å². The number of halogens is 1. The van der Waals surface area contributed by atoms with E-state index in [9.17, 15) is 9.90 Å². The van der Waals surface area contributed by atoms with Crippen molar-refractivity contribution < 1.29 is 9.90 Å². The number of carboxylic acids is 1. The summed E-state index contributed by atoms with van der Waals surface area (Å²) in [4.78, 5) is 22.3. The van der Waals surface area contributed by atoms with Crippen molar-refractivity contribution in [1.82, 2.24) is 9.97 Å². The first-order valence-electron chi connectivity index (χ1n) is 8.11. The van der Waals surface area contributed by atoms with Gasteiger partial charge in [0.25, 0.3) is 0 Å². The van der Waals surface area contributed by atoms with Crippen LogP contribution in [0.1, 0.15) is 39.2 Å². The third-order valence-corrected chi connectivity index (χ3v) is 5.88. The van der Waals surface area contributed by atoms with Gasteiger partial charge in [-0.25, -0.2) is 9.78 Å². The fraction of sp³-hybridized carbons (Fsp3) is 0.278. The fourth-order valence-corrected chi connectivity index (χ4v) is 4.72. The van der Waals surface area contributed by atoms with Crippen molar-refractivity contribution in [3.63, 3.8) is 0 Å². The average molecular weight is 374 g/mol. The number of aryl methyl sites for hydroxylation is 3. The Morgan fingerprint density at radius 1 is 1.28 bits per heavy atom. The molecule has 0 atom stereocenters. The quantitative estimate of drug-likeness (QED) is 0.633. The number of nitrogens with zero attached hydrogens (tertiary/aromatic N) is 2. The molecule has 2 N–H and O–H groups in total. The Kier molecular flexibility index (Phi) is 4.09. The molecule has 3 aromatic rings. The number of hydrogen-bond donors (Lipinski definition) is 2. The van der Waals surface area contributed by atoms with Crippen LogP contribution in [0.25, 0.3) is 10.2 Å². The molecule has 2 heterocycles. The van der Waals surface area contributed by atoms with Crippen LogP contribution in [0.5, 0.6) is 0 Å². The Labute approximate surface area is 153 Å². The number of hydrogen-bond acceptors (Lipinski definition) is 5. The predicted molar refractivity (Wildman–Crippen MR) is 100 cm³/mol. The molecular weight excluding hydrogens is 358 g/mol. The molecule has 0 bridgehead atoms. The molecule has 0 unspecified atom stereocenters. The molecule has 2 aromatic heterocycles. The first-order valence-corrected chi connectivity index (χ1v) is 9.31. The first kappa shape index (κ1) is 16.3. The highest BCUT2D eigenvalue weighted by Gasteiger charge is 2.21. The standard InChI is InChI=1S/C18H16ClN3O2S/c1-9-6-7-10(17(23)24)8-12(9)20-15-14-11-4-2-3-5-13(11)25-16(14)22-18(19)21-15/h6-8H,2-5H2,1H3,(H,23,24)(H,20,21,22). The van der Waals surface area contributed by atoms with Crippen molar-refractivity contribution in [2.45, 2.75) is 32.6 Å². The van der Waals surface area contributed by atoms with Gasteiger partial charge < -0.3 is 10.4 Å². The SMILES string of the molecule is Cc1ccc(C(=O)O)cc1Nc1nc(Cl)nc2sc3c(c12)CCCC3. The first-order chi connectivity index (χ1) is 12.0. The third-order valence-electron chi connectivity index (χ3n) is 4.52. The minimum Gasteiger partial charge on any atom is -0.478 e. The van der Waals surface area contributed by atoms with E-state index in [0.717, 1.165) is 35.0 Å². The molecule has 0 spiro atoms. The monoisotopic (exact) mass is 373 g/mol. The van der Waals surface area contributed by atoms with Gasteiger partial charge in [-0.05, 0) is 67.5 Å². The number of nitrogens with one attached hydrogen (secondary N) is 1. The van der Waals surface area contributed by atoms with Gasteiger partial charge in [0.1, 0.15) is 10.6 Å². The number of aromatic carboxylic acids is 1. The van der Waals surface area contributed by atoms with E-state index in [0.29, 0.717) is 11.5 Å². The van der Waals surface area contributed by atoms with Crippen molar-refractivity contribution in [2.75, 3.05) is 5.32 Å². The third kappa shape index (κ3) is 2.96. The summed E-state index contributed by atoms with van der Waals surface area (Å²) >= 11 is 7.81. The fourth-order valence-electron chi connectivity index (χ4n) is 3.24. The van der Waals surface area contributed by atoms with Crippen molar-refractivity contribution >= 4 is 50.6 Å². The molecule has 0 saturated carbocycles. The normalized spacial score (nSPS) is 13.7. The molecule has 1 aromatic carbocycles. The second-order valence-corrected chi connectivity index (χ2v) is 7.61. The molecule has 5 nitrogen and oxygen atoms in total. The summed E-state index contributed by atoms with van der Waals surface area (Å²) in [5, 5.41) is 13.7.